The Bertz CT molecular complexity index is 599. The standard InChI is InChI=1S/C17H18BrNO2/c1-2-6-13-9-10-16(15(18)11-13)21-12-17(20)19-14-7-4-3-5-8-14/h3-5,7-11H,2,6,12H2,1H3,(H,19,20). The van der Waals surface area contributed by atoms with Crippen LogP contribution in [0.5, 0.6) is 5.75 Å². The monoisotopic (exact) mass is 347 g/mol. The van der Waals surface area contributed by atoms with Crippen LogP contribution in [-0.4, -0.2) is 12.5 Å². The van der Waals surface area contributed by atoms with Gasteiger partial charge in [0.05, 0.1) is 4.47 Å². The Kier molecular flexibility index (Phi) is 5.81. The van der Waals surface area contributed by atoms with Gasteiger partial charge in [-0.3, -0.25) is 4.79 Å². The van der Waals surface area contributed by atoms with Crippen LogP contribution in [0.15, 0.2) is 53.0 Å². The van der Waals surface area contributed by atoms with Crippen LogP contribution in [0.3, 0.4) is 0 Å². The lowest BCUT2D eigenvalue weighted by molar-refractivity contribution is -0.118. The van der Waals surface area contributed by atoms with Gasteiger partial charge in [0.2, 0.25) is 0 Å². The molecule has 0 unspecified atom stereocenters. The summed E-state index contributed by atoms with van der Waals surface area (Å²) in [5, 5.41) is 2.78. The van der Waals surface area contributed by atoms with Crippen molar-refractivity contribution in [2.45, 2.75) is 19.8 Å². The van der Waals surface area contributed by atoms with E-state index >= 15 is 0 Å². The highest BCUT2D eigenvalue weighted by Crippen LogP contribution is 2.26. The zero-order chi connectivity index (χ0) is 15.1. The molecule has 0 fully saturated rings. The van der Waals surface area contributed by atoms with Crippen LogP contribution >= 0.6 is 15.9 Å². The predicted molar refractivity (Wildman–Crippen MR) is 88.7 cm³/mol. The van der Waals surface area contributed by atoms with Gasteiger partial charge in [0.1, 0.15) is 5.75 Å². The summed E-state index contributed by atoms with van der Waals surface area (Å²) in [5.74, 6) is 0.504. The highest BCUT2D eigenvalue weighted by atomic mass is 79.9. The second kappa shape index (κ2) is 7.84. The Hall–Kier alpha value is -1.81. The smallest absolute Gasteiger partial charge is 0.262 e. The molecule has 2 aromatic rings. The van der Waals surface area contributed by atoms with Crippen LogP contribution < -0.4 is 10.1 Å². The molecule has 0 bridgehead atoms. The molecule has 110 valence electrons. The van der Waals surface area contributed by atoms with Crippen molar-refractivity contribution in [3.63, 3.8) is 0 Å². The summed E-state index contributed by atoms with van der Waals surface area (Å²) in [6, 6.07) is 15.3. The largest absolute Gasteiger partial charge is 0.483 e. The van der Waals surface area contributed by atoms with E-state index in [0.717, 1.165) is 23.0 Å². The molecule has 0 heterocycles. The molecule has 0 radical (unpaired) electrons. The molecule has 4 heteroatoms. The minimum Gasteiger partial charge on any atom is -0.483 e. The second-order valence-electron chi connectivity index (χ2n) is 4.72. The molecule has 21 heavy (non-hydrogen) atoms. The number of halogens is 1. The molecule has 2 rings (SSSR count). The van der Waals surface area contributed by atoms with E-state index in [2.05, 4.69) is 28.2 Å². The maximum atomic E-state index is 11.8. The van der Waals surface area contributed by atoms with E-state index in [1.165, 1.54) is 5.56 Å². The Morgan fingerprint density at radius 3 is 2.62 bits per heavy atom. The number of aryl methyl sites for hydroxylation is 1. The molecular formula is C17H18BrNO2. The fraction of sp³-hybridized carbons (Fsp3) is 0.235. The third kappa shape index (κ3) is 4.90. The summed E-state index contributed by atoms with van der Waals surface area (Å²) in [6.07, 6.45) is 2.14. The number of ether oxygens (including phenoxy) is 1. The molecule has 0 aliphatic rings. The lowest BCUT2D eigenvalue weighted by Crippen LogP contribution is -2.20. The third-order valence-corrected chi connectivity index (χ3v) is 3.57. The van der Waals surface area contributed by atoms with Crippen molar-refractivity contribution in [1.82, 2.24) is 0 Å². The van der Waals surface area contributed by atoms with Crippen LogP contribution in [0.2, 0.25) is 0 Å². The molecule has 0 aliphatic carbocycles. The molecule has 0 atom stereocenters. The van der Waals surface area contributed by atoms with Gasteiger partial charge in [-0.25, -0.2) is 0 Å². The third-order valence-electron chi connectivity index (χ3n) is 2.95. The quantitative estimate of drug-likeness (QED) is 0.839. The average Bonchev–Trinajstić information content (AvgIpc) is 2.48. The van der Waals surface area contributed by atoms with Crippen LogP contribution in [0.1, 0.15) is 18.9 Å². The molecule has 3 nitrogen and oxygen atoms in total. The average molecular weight is 348 g/mol. The number of carbonyl (C=O) groups is 1. The topological polar surface area (TPSA) is 38.3 Å². The first-order valence-corrected chi connectivity index (χ1v) is 7.74. The van der Waals surface area contributed by atoms with E-state index < -0.39 is 0 Å². The van der Waals surface area contributed by atoms with Crippen molar-refractivity contribution < 1.29 is 9.53 Å². The summed E-state index contributed by atoms with van der Waals surface area (Å²) in [4.78, 5) is 11.8. The number of rotatable bonds is 6. The fourth-order valence-electron chi connectivity index (χ4n) is 1.97. The van der Waals surface area contributed by atoms with Crippen LogP contribution in [-0.2, 0) is 11.2 Å². The van der Waals surface area contributed by atoms with Crippen molar-refractivity contribution in [2.24, 2.45) is 0 Å². The van der Waals surface area contributed by atoms with Crippen molar-refractivity contribution >= 4 is 27.5 Å². The van der Waals surface area contributed by atoms with E-state index in [1.54, 1.807) is 0 Å². The maximum absolute atomic E-state index is 11.8. The minimum absolute atomic E-state index is 0.0133. The summed E-state index contributed by atoms with van der Waals surface area (Å²) in [7, 11) is 0. The normalized spacial score (nSPS) is 10.2. The van der Waals surface area contributed by atoms with Gasteiger partial charge >= 0.3 is 0 Å². The highest BCUT2D eigenvalue weighted by molar-refractivity contribution is 9.10. The molecule has 0 aliphatic heterocycles. The number of anilines is 1. The molecule has 0 aromatic heterocycles. The van der Waals surface area contributed by atoms with Crippen molar-refractivity contribution in [1.29, 1.82) is 0 Å². The van der Waals surface area contributed by atoms with Crippen molar-refractivity contribution in [3.05, 3.63) is 58.6 Å². The van der Waals surface area contributed by atoms with Gasteiger partial charge in [-0.15, -0.1) is 0 Å². The van der Waals surface area contributed by atoms with Gasteiger partial charge in [-0.1, -0.05) is 37.6 Å². The van der Waals surface area contributed by atoms with Gasteiger partial charge in [0.15, 0.2) is 6.61 Å². The second-order valence-corrected chi connectivity index (χ2v) is 5.57. The highest BCUT2D eigenvalue weighted by Gasteiger charge is 2.06. The van der Waals surface area contributed by atoms with Gasteiger partial charge in [0.25, 0.3) is 5.91 Å². The number of para-hydroxylation sites is 1. The molecule has 0 saturated heterocycles. The van der Waals surface area contributed by atoms with Gasteiger partial charge in [-0.2, -0.15) is 0 Å². The van der Waals surface area contributed by atoms with Crippen LogP contribution in [0.25, 0.3) is 0 Å². The Balaban J connectivity index is 1.89. The number of amides is 1. The zero-order valence-corrected chi connectivity index (χ0v) is 13.5. The van der Waals surface area contributed by atoms with Crippen molar-refractivity contribution in [2.75, 3.05) is 11.9 Å². The maximum Gasteiger partial charge on any atom is 0.262 e. The van der Waals surface area contributed by atoms with Gasteiger partial charge < -0.3 is 10.1 Å². The van der Waals surface area contributed by atoms with E-state index in [9.17, 15) is 4.79 Å². The molecule has 0 spiro atoms. The molecule has 2 aromatic carbocycles. The summed E-state index contributed by atoms with van der Waals surface area (Å²) < 4.78 is 6.42. The molecule has 1 amide bonds. The minimum atomic E-state index is -0.175. The Morgan fingerprint density at radius 1 is 1.19 bits per heavy atom. The fourth-order valence-corrected chi connectivity index (χ4v) is 2.51. The van der Waals surface area contributed by atoms with E-state index in [0.29, 0.717) is 5.75 Å². The number of hydrogen-bond acceptors (Lipinski definition) is 2. The van der Waals surface area contributed by atoms with E-state index in [4.69, 9.17) is 4.74 Å². The summed E-state index contributed by atoms with van der Waals surface area (Å²) in [6.45, 7) is 2.13. The molecule has 1 N–H and O–H groups in total. The molecular weight excluding hydrogens is 330 g/mol. The lowest BCUT2D eigenvalue weighted by atomic mass is 10.1. The Labute approximate surface area is 133 Å². The van der Waals surface area contributed by atoms with Gasteiger partial charge in [0, 0.05) is 5.69 Å². The van der Waals surface area contributed by atoms with Crippen molar-refractivity contribution in [3.8, 4) is 5.75 Å². The SMILES string of the molecule is CCCc1ccc(OCC(=O)Nc2ccccc2)c(Br)c1. The number of hydrogen-bond donors (Lipinski definition) is 1. The first-order valence-electron chi connectivity index (χ1n) is 6.95. The van der Waals surface area contributed by atoms with Crippen LogP contribution in [0.4, 0.5) is 5.69 Å². The summed E-state index contributed by atoms with van der Waals surface area (Å²) >= 11 is 3.48. The lowest BCUT2D eigenvalue weighted by Gasteiger charge is -2.10. The first-order chi connectivity index (χ1) is 10.2. The van der Waals surface area contributed by atoms with Gasteiger partial charge in [-0.05, 0) is 52.2 Å². The van der Waals surface area contributed by atoms with E-state index in [1.807, 2.05) is 48.5 Å². The number of nitrogens with one attached hydrogen (secondary N) is 1. The number of carbonyl (C=O) groups excluding carboxylic acids is 1. The number of benzene rings is 2. The molecule has 0 saturated carbocycles. The Morgan fingerprint density at radius 2 is 1.95 bits per heavy atom. The van der Waals surface area contributed by atoms with E-state index in [-0.39, 0.29) is 12.5 Å². The first kappa shape index (κ1) is 15.6. The zero-order valence-electron chi connectivity index (χ0n) is 11.9. The summed E-state index contributed by atoms with van der Waals surface area (Å²) in [5.41, 5.74) is 2.02. The predicted octanol–water partition coefficient (Wildman–Crippen LogP) is 4.42. The van der Waals surface area contributed by atoms with Crippen LogP contribution in [0, 0.1) is 0 Å².